The van der Waals surface area contributed by atoms with Crippen LogP contribution in [0, 0.1) is 0 Å². The van der Waals surface area contributed by atoms with Crippen LogP contribution in [0.2, 0.25) is 0 Å². The first-order valence-electron chi connectivity index (χ1n) is 9.49. The van der Waals surface area contributed by atoms with Gasteiger partial charge in [0.15, 0.2) is 5.78 Å². The monoisotopic (exact) mass is 365 g/mol. The number of likely N-dealkylation sites (tertiary alicyclic amines) is 1. The third-order valence-corrected chi connectivity index (χ3v) is 5.46. The topological polar surface area (TPSA) is 72.4 Å². The number of para-hydroxylation sites is 1. The van der Waals surface area contributed by atoms with Crippen molar-refractivity contribution in [1.29, 1.82) is 0 Å². The van der Waals surface area contributed by atoms with Crippen molar-refractivity contribution in [3.05, 3.63) is 54.1 Å². The minimum absolute atomic E-state index is 0.125. The highest BCUT2D eigenvalue weighted by molar-refractivity contribution is 6.00. The second-order valence-corrected chi connectivity index (χ2v) is 7.31. The first kappa shape index (κ1) is 17.6. The molecule has 2 aliphatic heterocycles. The number of Topliss-reactive ketones (excluding diaryl/α,β-unsaturated/α-hetero) is 1. The van der Waals surface area contributed by atoms with E-state index in [1.54, 1.807) is 18.6 Å². The quantitative estimate of drug-likeness (QED) is 0.836. The Bertz CT molecular complexity index is 840. The van der Waals surface area contributed by atoms with Gasteiger partial charge >= 0.3 is 0 Å². The zero-order chi connectivity index (χ0) is 18.7. The van der Waals surface area contributed by atoms with Gasteiger partial charge < -0.3 is 9.64 Å². The molecular weight excluding hydrogens is 342 g/mol. The molecule has 0 bridgehead atoms. The van der Waals surface area contributed by atoms with E-state index in [4.69, 9.17) is 4.74 Å². The fourth-order valence-electron chi connectivity index (χ4n) is 3.99. The van der Waals surface area contributed by atoms with E-state index in [0.717, 1.165) is 18.5 Å². The Kier molecular flexibility index (Phi) is 4.88. The minimum Gasteiger partial charge on any atom is -0.486 e. The summed E-state index contributed by atoms with van der Waals surface area (Å²) in [5, 5.41) is 0. The Balaban J connectivity index is 1.39. The molecule has 1 spiro atoms. The molecule has 1 unspecified atom stereocenters. The van der Waals surface area contributed by atoms with Crippen LogP contribution in [-0.2, 0) is 11.2 Å². The number of hydrogen-bond acceptors (Lipinski definition) is 5. The summed E-state index contributed by atoms with van der Waals surface area (Å²) < 4.78 is 6.29. The lowest BCUT2D eigenvalue weighted by molar-refractivity contribution is -0.131. The zero-order valence-corrected chi connectivity index (χ0v) is 15.3. The predicted octanol–water partition coefficient (Wildman–Crippen LogP) is 2.83. The molecule has 1 atom stereocenters. The van der Waals surface area contributed by atoms with E-state index >= 15 is 0 Å². The largest absolute Gasteiger partial charge is 0.486 e. The molecule has 4 rings (SSSR count). The molecule has 1 amide bonds. The Labute approximate surface area is 158 Å². The molecule has 6 nitrogen and oxygen atoms in total. The first-order chi connectivity index (χ1) is 13.2. The maximum atomic E-state index is 12.6. The van der Waals surface area contributed by atoms with Gasteiger partial charge in [-0.1, -0.05) is 12.1 Å². The van der Waals surface area contributed by atoms with Crippen LogP contribution in [0.15, 0.2) is 42.9 Å². The smallest absolute Gasteiger partial charge is 0.222 e. The second kappa shape index (κ2) is 7.47. The second-order valence-electron chi connectivity index (χ2n) is 7.31. The number of fused-ring (bicyclic) bond motifs is 1. The molecule has 1 saturated heterocycles. The number of hydrogen-bond donors (Lipinski definition) is 0. The normalized spacial score (nSPS) is 22.1. The van der Waals surface area contributed by atoms with Gasteiger partial charge in [-0.15, -0.1) is 0 Å². The zero-order valence-electron chi connectivity index (χ0n) is 15.3. The standard InChI is InChI=1S/C21H23N3O3/c25-18-14-21(27-19-5-2-1-4-17(18)19)8-3-12-24(13-9-21)20(26)7-6-16-15-22-10-11-23-16/h1-2,4-5,10-11,15H,3,6-9,12-14H2. The van der Waals surface area contributed by atoms with Crippen LogP contribution in [0.3, 0.4) is 0 Å². The lowest BCUT2D eigenvalue weighted by Crippen LogP contribution is -2.43. The van der Waals surface area contributed by atoms with Gasteiger partial charge in [0.05, 0.1) is 17.7 Å². The molecule has 0 radical (unpaired) electrons. The van der Waals surface area contributed by atoms with Crippen molar-refractivity contribution in [3.8, 4) is 5.75 Å². The van der Waals surface area contributed by atoms with Gasteiger partial charge in [-0.25, -0.2) is 0 Å². The molecule has 1 fully saturated rings. The van der Waals surface area contributed by atoms with Gasteiger partial charge in [-0.2, -0.15) is 0 Å². The number of nitrogens with zero attached hydrogens (tertiary/aromatic N) is 3. The number of amides is 1. The molecule has 1 aromatic carbocycles. The summed E-state index contributed by atoms with van der Waals surface area (Å²) in [6, 6.07) is 7.44. The molecular formula is C21H23N3O3. The first-order valence-corrected chi connectivity index (χ1v) is 9.49. The number of ether oxygens (including phenoxy) is 1. The predicted molar refractivity (Wildman–Crippen MR) is 99.5 cm³/mol. The van der Waals surface area contributed by atoms with Crippen molar-refractivity contribution in [2.45, 2.75) is 44.1 Å². The number of ketones is 1. The molecule has 140 valence electrons. The summed E-state index contributed by atoms with van der Waals surface area (Å²) in [5.74, 6) is 0.940. The van der Waals surface area contributed by atoms with E-state index in [1.807, 2.05) is 29.2 Å². The van der Waals surface area contributed by atoms with Crippen LogP contribution >= 0.6 is 0 Å². The maximum Gasteiger partial charge on any atom is 0.222 e. The molecule has 0 aliphatic carbocycles. The Morgan fingerprint density at radius 2 is 2.07 bits per heavy atom. The number of aromatic nitrogens is 2. The van der Waals surface area contributed by atoms with Gasteiger partial charge in [0.2, 0.25) is 5.91 Å². The molecule has 2 aliphatic rings. The average molecular weight is 365 g/mol. The molecule has 0 saturated carbocycles. The molecule has 0 N–H and O–H groups in total. The van der Waals surface area contributed by atoms with Crippen molar-refractivity contribution in [2.75, 3.05) is 13.1 Å². The van der Waals surface area contributed by atoms with Crippen molar-refractivity contribution >= 4 is 11.7 Å². The number of benzene rings is 1. The van der Waals surface area contributed by atoms with Crippen LogP contribution in [0.5, 0.6) is 5.75 Å². The highest BCUT2D eigenvalue weighted by atomic mass is 16.5. The van der Waals surface area contributed by atoms with Crippen LogP contribution in [0.1, 0.15) is 48.2 Å². The molecule has 2 aromatic rings. The molecule has 27 heavy (non-hydrogen) atoms. The SMILES string of the molecule is O=C1CC2(CCCN(C(=O)CCc3cnccn3)CC2)Oc2ccccc21. The van der Waals surface area contributed by atoms with Gasteiger partial charge in [-0.05, 0) is 31.4 Å². The highest BCUT2D eigenvalue weighted by Crippen LogP contribution is 2.39. The Morgan fingerprint density at radius 3 is 2.93 bits per heavy atom. The van der Waals surface area contributed by atoms with Crippen LogP contribution in [0.25, 0.3) is 0 Å². The molecule has 1 aromatic heterocycles. The van der Waals surface area contributed by atoms with E-state index in [9.17, 15) is 9.59 Å². The average Bonchev–Trinajstić information content (AvgIpc) is 2.89. The highest BCUT2D eigenvalue weighted by Gasteiger charge is 2.41. The van der Waals surface area contributed by atoms with Crippen molar-refractivity contribution in [1.82, 2.24) is 14.9 Å². The number of carbonyl (C=O) groups is 2. The van der Waals surface area contributed by atoms with Gasteiger partial charge in [0.1, 0.15) is 11.4 Å². The van der Waals surface area contributed by atoms with Crippen LogP contribution < -0.4 is 4.74 Å². The molecule has 6 heteroatoms. The van der Waals surface area contributed by atoms with E-state index in [-0.39, 0.29) is 11.7 Å². The number of carbonyl (C=O) groups excluding carboxylic acids is 2. The van der Waals surface area contributed by atoms with E-state index < -0.39 is 5.60 Å². The third kappa shape index (κ3) is 3.84. The van der Waals surface area contributed by atoms with Crippen molar-refractivity contribution in [3.63, 3.8) is 0 Å². The van der Waals surface area contributed by atoms with Crippen LogP contribution in [-0.4, -0.2) is 45.2 Å². The summed E-state index contributed by atoms with van der Waals surface area (Å²) in [5.41, 5.74) is 1.02. The molecule has 3 heterocycles. The minimum atomic E-state index is -0.481. The Hall–Kier alpha value is -2.76. The summed E-state index contributed by atoms with van der Waals surface area (Å²) in [6.07, 6.45) is 8.70. The van der Waals surface area contributed by atoms with E-state index in [1.165, 1.54) is 0 Å². The third-order valence-electron chi connectivity index (χ3n) is 5.46. The fourth-order valence-corrected chi connectivity index (χ4v) is 3.99. The van der Waals surface area contributed by atoms with Crippen LogP contribution in [0.4, 0.5) is 0 Å². The summed E-state index contributed by atoms with van der Waals surface area (Å²) in [6.45, 7) is 1.33. The van der Waals surface area contributed by atoms with Gasteiger partial charge in [0.25, 0.3) is 0 Å². The summed E-state index contributed by atoms with van der Waals surface area (Å²) in [7, 11) is 0. The summed E-state index contributed by atoms with van der Waals surface area (Å²) in [4.78, 5) is 35.4. The van der Waals surface area contributed by atoms with Gasteiger partial charge in [-0.3, -0.25) is 19.6 Å². The van der Waals surface area contributed by atoms with E-state index in [2.05, 4.69) is 9.97 Å². The number of rotatable bonds is 3. The van der Waals surface area contributed by atoms with E-state index in [0.29, 0.717) is 50.1 Å². The maximum absolute atomic E-state index is 12.6. The lowest BCUT2D eigenvalue weighted by Gasteiger charge is -2.37. The van der Waals surface area contributed by atoms with Crippen molar-refractivity contribution < 1.29 is 14.3 Å². The van der Waals surface area contributed by atoms with Gasteiger partial charge in [0, 0.05) is 44.5 Å². The summed E-state index contributed by atoms with van der Waals surface area (Å²) >= 11 is 0. The number of aryl methyl sites for hydroxylation is 1. The lowest BCUT2D eigenvalue weighted by atomic mass is 9.84. The Morgan fingerprint density at radius 1 is 1.19 bits per heavy atom. The van der Waals surface area contributed by atoms with Crippen molar-refractivity contribution in [2.24, 2.45) is 0 Å². The fraction of sp³-hybridized carbons (Fsp3) is 0.429.